The summed E-state index contributed by atoms with van der Waals surface area (Å²) in [5.74, 6) is -0.281. The van der Waals surface area contributed by atoms with Crippen molar-refractivity contribution < 1.29 is 24.1 Å². The summed E-state index contributed by atoms with van der Waals surface area (Å²) < 4.78 is 10.9. The maximum Gasteiger partial charge on any atom is 0.363 e. The molecule has 10 nitrogen and oxygen atoms in total. The minimum atomic E-state index is -0.702. The number of cyclic esters (lactones) is 1. The molecule has 0 aliphatic carbocycles. The predicted octanol–water partition coefficient (Wildman–Crippen LogP) is 5.08. The van der Waals surface area contributed by atoms with Gasteiger partial charge in [0.05, 0.1) is 20.4 Å². The molecule has 0 radical (unpaired) electrons. The molecule has 3 aromatic carbocycles. The lowest BCUT2D eigenvalue weighted by molar-refractivity contribution is -0.385. The highest BCUT2D eigenvalue weighted by atomic mass is 35.5. The molecular formula is C23H14ClN3O7. The summed E-state index contributed by atoms with van der Waals surface area (Å²) in [6.45, 7) is 0.116. The summed E-state index contributed by atoms with van der Waals surface area (Å²) in [6.07, 6.45) is 1.49. The predicted molar refractivity (Wildman–Crippen MR) is 123 cm³/mol. The second-order valence-electron chi connectivity index (χ2n) is 7.05. The topological polar surface area (TPSA) is 134 Å². The second kappa shape index (κ2) is 9.51. The Labute approximate surface area is 197 Å². The fourth-order valence-corrected chi connectivity index (χ4v) is 3.35. The van der Waals surface area contributed by atoms with Crippen LogP contribution < -0.4 is 4.74 Å². The van der Waals surface area contributed by atoms with Crippen LogP contribution in [0.5, 0.6) is 5.75 Å². The van der Waals surface area contributed by atoms with Gasteiger partial charge >= 0.3 is 5.97 Å². The average molecular weight is 480 g/mol. The van der Waals surface area contributed by atoms with Crippen LogP contribution in [0, 0.1) is 20.2 Å². The van der Waals surface area contributed by atoms with E-state index in [0.29, 0.717) is 16.9 Å². The molecule has 3 aromatic rings. The third-order valence-electron chi connectivity index (χ3n) is 4.70. The van der Waals surface area contributed by atoms with Crippen molar-refractivity contribution in [3.05, 3.63) is 114 Å². The van der Waals surface area contributed by atoms with Gasteiger partial charge in [-0.1, -0.05) is 35.9 Å². The van der Waals surface area contributed by atoms with Crippen LogP contribution in [-0.4, -0.2) is 21.7 Å². The van der Waals surface area contributed by atoms with Crippen molar-refractivity contribution in [2.45, 2.75) is 6.61 Å². The van der Waals surface area contributed by atoms with E-state index in [1.165, 1.54) is 30.3 Å². The molecule has 0 unspecified atom stereocenters. The summed E-state index contributed by atoms with van der Waals surface area (Å²) in [5.41, 5.74) is 1.27. The molecule has 0 amide bonds. The van der Waals surface area contributed by atoms with Crippen molar-refractivity contribution in [1.29, 1.82) is 0 Å². The molecule has 1 aliphatic heterocycles. The average Bonchev–Trinajstić information content (AvgIpc) is 3.17. The van der Waals surface area contributed by atoms with Crippen LogP contribution in [0.4, 0.5) is 11.4 Å². The molecule has 0 fully saturated rings. The first-order valence-corrected chi connectivity index (χ1v) is 10.1. The lowest BCUT2D eigenvalue weighted by Gasteiger charge is -2.07. The molecule has 0 N–H and O–H groups in total. The van der Waals surface area contributed by atoms with E-state index in [1.54, 1.807) is 36.4 Å². The number of esters is 1. The van der Waals surface area contributed by atoms with Crippen LogP contribution in [0.25, 0.3) is 6.08 Å². The van der Waals surface area contributed by atoms with Crippen molar-refractivity contribution in [1.82, 2.24) is 0 Å². The second-order valence-corrected chi connectivity index (χ2v) is 7.45. The zero-order valence-corrected chi connectivity index (χ0v) is 18.0. The van der Waals surface area contributed by atoms with Crippen molar-refractivity contribution in [2.24, 2.45) is 4.99 Å². The van der Waals surface area contributed by atoms with E-state index in [0.717, 1.165) is 6.07 Å². The number of carbonyl (C=O) groups is 1. The highest BCUT2D eigenvalue weighted by molar-refractivity contribution is 6.34. The van der Waals surface area contributed by atoms with Crippen molar-refractivity contribution >= 4 is 40.9 Å². The zero-order chi connectivity index (χ0) is 24.2. The van der Waals surface area contributed by atoms with Gasteiger partial charge in [0.1, 0.15) is 12.4 Å². The van der Waals surface area contributed by atoms with Crippen molar-refractivity contribution in [3.63, 3.8) is 0 Å². The van der Waals surface area contributed by atoms with E-state index in [9.17, 15) is 25.0 Å². The third-order valence-corrected chi connectivity index (χ3v) is 5.02. The standard InChI is InChI=1S/C23H14ClN3O7/c24-20-12-17(27(31)32)7-8-19(20)22-25-21(23(28)34-22)11-14-3-2-6-18(10-14)33-13-15-4-1-5-16(9-15)26(29)30/h1-12H,13H2/b21-11-. The number of ether oxygens (including phenoxy) is 2. The molecule has 34 heavy (non-hydrogen) atoms. The van der Waals surface area contributed by atoms with Crippen LogP contribution >= 0.6 is 11.6 Å². The summed E-state index contributed by atoms with van der Waals surface area (Å²) in [4.78, 5) is 37.2. The van der Waals surface area contributed by atoms with Gasteiger partial charge in [-0.3, -0.25) is 20.2 Å². The van der Waals surface area contributed by atoms with E-state index >= 15 is 0 Å². The summed E-state index contributed by atoms with van der Waals surface area (Å²) in [7, 11) is 0. The number of halogens is 1. The fraction of sp³-hybridized carbons (Fsp3) is 0.0435. The monoisotopic (exact) mass is 479 g/mol. The lowest BCUT2D eigenvalue weighted by atomic mass is 10.2. The number of nitrogens with zero attached hydrogens (tertiary/aromatic N) is 3. The minimum Gasteiger partial charge on any atom is -0.489 e. The van der Waals surface area contributed by atoms with Crippen LogP contribution in [0.3, 0.4) is 0 Å². The van der Waals surface area contributed by atoms with Crippen LogP contribution in [0.2, 0.25) is 5.02 Å². The molecule has 11 heteroatoms. The van der Waals surface area contributed by atoms with Crippen molar-refractivity contribution in [2.75, 3.05) is 0 Å². The molecule has 4 rings (SSSR count). The number of benzene rings is 3. The van der Waals surface area contributed by atoms with Gasteiger partial charge in [0, 0.05) is 24.3 Å². The molecule has 1 heterocycles. The maximum absolute atomic E-state index is 12.3. The third kappa shape index (κ3) is 5.08. The number of nitro benzene ring substituents is 2. The Kier molecular flexibility index (Phi) is 6.33. The Bertz CT molecular complexity index is 1380. The molecule has 170 valence electrons. The van der Waals surface area contributed by atoms with E-state index < -0.39 is 15.8 Å². The normalized spacial score (nSPS) is 14.0. The zero-order valence-electron chi connectivity index (χ0n) is 17.2. The summed E-state index contributed by atoms with van der Waals surface area (Å²) in [5, 5.41) is 21.8. The van der Waals surface area contributed by atoms with Crippen molar-refractivity contribution in [3.8, 4) is 5.75 Å². The van der Waals surface area contributed by atoms with Crippen LogP contribution in [0.15, 0.2) is 77.4 Å². The smallest absolute Gasteiger partial charge is 0.363 e. The van der Waals surface area contributed by atoms with Crippen LogP contribution in [0.1, 0.15) is 16.7 Å². The molecule has 1 aliphatic rings. The molecule has 0 atom stereocenters. The quantitative estimate of drug-likeness (QED) is 0.199. The maximum atomic E-state index is 12.3. The van der Waals surface area contributed by atoms with Crippen LogP contribution in [-0.2, 0) is 16.1 Å². The molecular weight excluding hydrogens is 466 g/mol. The Morgan fingerprint density at radius 2 is 1.71 bits per heavy atom. The molecule has 0 saturated carbocycles. The Morgan fingerprint density at radius 1 is 0.971 bits per heavy atom. The Morgan fingerprint density at radius 3 is 2.44 bits per heavy atom. The van der Waals surface area contributed by atoms with Gasteiger partial charge < -0.3 is 9.47 Å². The first kappa shape index (κ1) is 22.6. The number of rotatable bonds is 7. The summed E-state index contributed by atoms with van der Waals surface area (Å²) in [6, 6.07) is 16.7. The van der Waals surface area contributed by atoms with Gasteiger partial charge in [0.15, 0.2) is 5.70 Å². The first-order valence-electron chi connectivity index (χ1n) is 9.73. The Hall–Kier alpha value is -4.57. The highest BCUT2D eigenvalue weighted by Crippen LogP contribution is 2.27. The number of hydrogen-bond acceptors (Lipinski definition) is 8. The molecule has 0 spiro atoms. The lowest BCUT2D eigenvalue weighted by Crippen LogP contribution is -2.06. The minimum absolute atomic E-state index is 0.0141. The number of nitro groups is 2. The highest BCUT2D eigenvalue weighted by Gasteiger charge is 2.26. The SMILES string of the molecule is O=C1OC(c2ccc([N+](=O)[O-])cc2Cl)=N/C1=C\c1cccc(OCc2cccc([N+](=O)[O-])c2)c1. The number of non-ortho nitro benzene ring substituents is 2. The Balaban J connectivity index is 1.52. The molecule has 0 bridgehead atoms. The number of hydrogen-bond donors (Lipinski definition) is 0. The van der Waals surface area contributed by atoms with E-state index in [4.69, 9.17) is 21.1 Å². The number of aliphatic imine (C=N–C) groups is 1. The molecule has 0 aromatic heterocycles. The largest absolute Gasteiger partial charge is 0.489 e. The van der Waals surface area contributed by atoms with E-state index in [2.05, 4.69) is 4.99 Å². The number of carbonyl (C=O) groups excluding carboxylic acids is 1. The fourth-order valence-electron chi connectivity index (χ4n) is 3.09. The molecule has 0 saturated heterocycles. The van der Waals surface area contributed by atoms with Gasteiger partial charge in [-0.25, -0.2) is 9.79 Å². The van der Waals surface area contributed by atoms with Gasteiger partial charge in [-0.15, -0.1) is 0 Å². The van der Waals surface area contributed by atoms with Gasteiger partial charge in [-0.2, -0.15) is 0 Å². The summed E-state index contributed by atoms with van der Waals surface area (Å²) >= 11 is 6.09. The van der Waals surface area contributed by atoms with Gasteiger partial charge in [0.25, 0.3) is 11.4 Å². The van der Waals surface area contributed by atoms with E-state index in [1.807, 2.05) is 0 Å². The van der Waals surface area contributed by atoms with Gasteiger partial charge in [-0.05, 0) is 35.4 Å². The van der Waals surface area contributed by atoms with E-state index in [-0.39, 0.29) is 40.2 Å². The first-order chi connectivity index (χ1) is 16.3. The van der Waals surface area contributed by atoms with Gasteiger partial charge in [0.2, 0.25) is 5.90 Å².